The van der Waals surface area contributed by atoms with Crippen LogP contribution in [0.3, 0.4) is 0 Å². The molecule has 5 nitrogen and oxygen atoms in total. The van der Waals surface area contributed by atoms with Gasteiger partial charge in [0.25, 0.3) is 0 Å². The highest BCUT2D eigenvalue weighted by molar-refractivity contribution is 6.32. The van der Waals surface area contributed by atoms with Crippen LogP contribution in [-0.2, 0) is 11.4 Å². The number of nitrogens with two attached hydrogens (primary N) is 1. The number of carbonyl (C=O) groups is 1. The summed E-state index contributed by atoms with van der Waals surface area (Å²) in [6, 6.07) is 10.7. The van der Waals surface area contributed by atoms with E-state index in [1.165, 1.54) is 0 Å². The quantitative estimate of drug-likeness (QED) is 0.858. The molecule has 0 aliphatic carbocycles. The molecule has 1 atom stereocenters. The molecule has 0 spiro atoms. The number of rotatable bonds is 6. The van der Waals surface area contributed by atoms with Crippen molar-refractivity contribution in [1.82, 2.24) is 4.98 Å². The second-order valence-corrected chi connectivity index (χ2v) is 5.29. The smallest absolute Gasteiger partial charge is 0.228 e. The number of benzene rings is 1. The van der Waals surface area contributed by atoms with Gasteiger partial charge in [0.1, 0.15) is 12.4 Å². The Kier molecular flexibility index (Phi) is 5.75. The summed E-state index contributed by atoms with van der Waals surface area (Å²) < 4.78 is 5.62. The second-order valence-electron chi connectivity index (χ2n) is 4.88. The summed E-state index contributed by atoms with van der Waals surface area (Å²) in [5, 5.41) is 3.19. The molecule has 1 heterocycles. The summed E-state index contributed by atoms with van der Waals surface area (Å²) in [5.74, 6) is 0.150. The predicted molar refractivity (Wildman–Crippen MR) is 86.9 cm³/mol. The van der Waals surface area contributed by atoms with E-state index in [1.54, 1.807) is 31.3 Å². The predicted octanol–water partition coefficient (Wildman–Crippen LogP) is 2.85. The van der Waals surface area contributed by atoms with Crippen LogP contribution in [0.2, 0.25) is 5.02 Å². The molecule has 0 bridgehead atoms. The Morgan fingerprint density at radius 1 is 1.41 bits per heavy atom. The van der Waals surface area contributed by atoms with Crippen LogP contribution in [0.4, 0.5) is 5.69 Å². The van der Waals surface area contributed by atoms with E-state index >= 15 is 0 Å². The zero-order valence-corrected chi connectivity index (χ0v) is 13.0. The summed E-state index contributed by atoms with van der Waals surface area (Å²) >= 11 is 6.17. The molecule has 6 heteroatoms. The van der Waals surface area contributed by atoms with Crippen molar-refractivity contribution < 1.29 is 9.53 Å². The Hall–Kier alpha value is -2.11. The number of hydrogen-bond donors (Lipinski definition) is 2. The normalized spacial score (nSPS) is 11.8. The summed E-state index contributed by atoms with van der Waals surface area (Å²) in [7, 11) is 0. The van der Waals surface area contributed by atoms with E-state index < -0.39 is 0 Å². The number of nitrogens with one attached hydrogen (secondary N) is 1. The number of hydrogen-bond acceptors (Lipinski definition) is 4. The van der Waals surface area contributed by atoms with Crippen molar-refractivity contribution in [2.45, 2.75) is 13.5 Å². The van der Waals surface area contributed by atoms with Gasteiger partial charge in [0.2, 0.25) is 5.91 Å². The topological polar surface area (TPSA) is 77.2 Å². The number of halogens is 1. The number of nitrogens with zero attached hydrogens (tertiary/aromatic N) is 1. The molecule has 1 unspecified atom stereocenters. The largest absolute Gasteiger partial charge is 0.486 e. The van der Waals surface area contributed by atoms with Crippen molar-refractivity contribution in [3.8, 4) is 5.75 Å². The molecule has 2 aromatic rings. The van der Waals surface area contributed by atoms with Crippen LogP contribution in [0.25, 0.3) is 0 Å². The number of amides is 1. The molecular formula is C16H18ClN3O2. The summed E-state index contributed by atoms with van der Waals surface area (Å²) in [6.07, 6.45) is 1.71. The Balaban J connectivity index is 1.99. The molecule has 1 amide bonds. The van der Waals surface area contributed by atoms with Gasteiger partial charge < -0.3 is 15.8 Å². The van der Waals surface area contributed by atoms with Gasteiger partial charge in [-0.15, -0.1) is 0 Å². The van der Waals surface area contributed by atoms with Crippen LogP contribution >= 0.6 is 11.6 Å². The minimum atomic E-state index is -0.251. The molecule has 0 saturated heterocycles. The van der Waals surface area contributed by atoms with Gasteiger partial charge in [-0.05, 0) is 30.3 Å². The average Bonchev–Trinajstić information content (AvgIpc) is 2.54. The summed E-state index contributed by atoms with van der Waals surface area (Å²) in [5.41, 5.74) is 6.89. The minimum absolute atomic E-state index is 0.138. The van der Waals surface area contributed by atoms with Crippen LogP contribution in [0.15, 0.2) is 42.6 Å². The monoisotopic (exact) mass is 319 g/mol. The Labute approximate surface area is 134 Å². The Morgan fingerprint density at radius 3 is 2.86 bits per heavy atom. The zero-order chi connectivity index (χ0) is 15.9. The first-order valence-electron chi connectivity index (χ1n) is 6.93. The number of ether oxygens (including phenoxy) is 1. The van der Waals surface area contributed by atoms with E-state index in [0.717, 1.165) is 5.69 Å². The Morgan fingerprint density at radius 2 is 2.23 bits per heavy atom. The van der Waals surface area contributed by atoms with Gasteiger partial charge in [0.15, 0.2) is 0 Å². The first-order chi connectivity index (χ1) is 10.6. The molecule has 0 saturated carbocycles. The van der Waals surface area contributed by atoms with Gasteiger partial charge >= 0.3 is 0 Å². The number of anilines is 1. The van der Waals surface area contributed by atoms with Gasteiger partial charge in [0, 0.05) is 24.3 Å². The van der Waals surface area contributed by atoms with Gasteiger partial charge in [-0.25, -0.2) is 0 Å². The fraction of sp³-hybridized carbons (Fsp3) is 0.250. The third-order valence-corrected chi connectivity index (χ3v) is 3.40. The molecule has 22 heavy (non-hydrogen) atoms. The number of carbonyl (C=O) groups excluding carboxylic acids is 1. The van der Waals surface area contributed by atoms with Crippen molar-refractivity contribution >= 4 is 23.2 Å². The zero-order valence-electron chi connectivity index (χ0n) is 12.3. The summed E-state index contributed by atoms with van der Waals surface area (Å²) in [4.78, 5) is 15.9. The van der Waals surface area contributed by atoms with E-state index in [9.17, 15) is 4.79 Å². The molecule has 3 N–H and O–H groups in total. The summed E-state index contributed by atoms with van der Waals surface area (Å²) in [6.45, 7) is 2.39. The number of aromatic nitrogens is 1. The highest BCUT2D eigenvalue weighted by atomic mass is 35.5. The van der Waals surface area contributed by atoms with E-state index in [2.05, 4.69) is 10.3 Å². The minimum Gasteiger partial charge on any atom is -0.486 e. The third-order valence-electron chi connectivity index (χ3n) is 3.10. The maximum atomic E-state index is 11.8. The van der Waals surface area contributed by atoms with Crippen LogP contribution < -0.4 is 15.8 Å². The van der Waals surface area contributed by atoms with E-state index in [1.807, 2.05) is 18.2 Å². The lowest BCUT2D eigenvalue weighted by Gasteiger charge is -2.12. The van der Waals surface area contributed by atoms with Crippen molar-refractivity contribution in [2.75, 3.05) is 11.9 Å². The maximum Gasteiger partial charge on any atom is 0.228 e. The van der Waals surface area contributed by atoms with E-state index in [0.29, 0.717) is 29.6 Å². The molecule has 0 aliphatic heterocycles. The van der Waals surface area contributed by atoms with Crippen LogP contribution in [0.5, 0.6) is 5.75 Å². The molecule has 2 rings (SSSR count). The second kappa shape index (κ2) is 7.77. The fourth-order valence-corrected chi connectivity index (χ4v) is 1.94. The lowest BCUT2D eigenvalue weighted by atomic mass is 10.1. The lowest BCUT2D eigenvalue weighted by Crippen LogP contribution is -2.26. The van der Waals surface area contributed by atoms with Crippen LogP contribution in [0.1, 0.15) is 12.6 Å². The molecule has 0 aliphatic rings. The van der Waals surface area contributed by atoms with Crippen molar-refractivity contribution in [2.24, 2.45) is 11.7 Å². The highest BCUT2D eigenvalue weighted by Gasteiger charge is 2.12. The maximum absolute atomic E-state index is 11.8. The van der Waals surface area contributed by atoms with E-state index in [-0.39, 0.29) is 11.8 Å². The van der Waals surface area contributed by atoms with Crippen molar-refractivity contribution in [3.63, 3.8) is 0 Å². The van der Waals surface area contributed by atoms with Crippen molar-refractivity contribution in [1.29, 1.82) is 0 Å². The van der Waals surface area contributed by atoms with Gasteiger partial charge in [-0.3, -0.25) is 9.78 Å². The standard InChI is InChI=1S/C16H18ClN3O2/c1-11(9-18)16(21)20-12-5-6-15(14(17)8-12)22-10-13-4-2-3-7-19-13/h2-8,11H,9-10,18H2,1H3,(H,20,21). The van der Waals surface area contributed by atoms with Crippen molar-refractivity contribution in [3.05, 3.63) is 53.3 Å². The molecule has 0 radical (unpaired) electrons. The molecule has 116 valence electrons. The van der Waals surface area contributed by atoms with Gasteiger partial charge in [0.05, 0.1) is 10.7 Å². The Bertz CT molecular complexity index is 635. The highest BCUT2D eigenvalue weighted by Crippen LogP contribution is 2.28. The first kappa shape index (κ1) is 16.3. The first-order valence-corrected chi connectivity index (χ1v) is 7.31. The van der Waals surface area contributed by atoms with Crippen LogP contribution in [0, 0.1) is 5.92 Å². The molecule has 1 aromatic carbocycles. The van der Waals surface area contributed by atoms with E-state index in [4.69, 9.17) is 22.1 Å². The average molecular weight is 320 g/mol. The molecule has 1 aromatic heterocycles. The number of pyridine rings is 1. The lowest BCUT2D eigenvalue weighted by molar-refractivity contribution is -0.119. The SMILES string of the molecule is CC(CN)C(=O)Nc1ccc(OCc2ccccn2)c(Cl)c1. The third kappa shape index (κ3) is 4.44. The van der Waals surface area contributed by atoms with Crippen LogP contribution in [-0.4, -0.2) is 17.4 Å². The van der Waals surface area contributed by atoms with Gasteiger partial charge in [-0.1, -0.05) is 24.6 Å². The molecular weight excluding hydrogens is 302 g/mol. The van der Waals surface area contributed by atoms with Gasteiger partial charge in [-0.2, -0.15) is 0 Å². The molecule has 0 fully saturated rings. The fourth-order valence-electron chi connectivity index (χ4n) is 1.70.